The number of benzene rings is 1. The molecule has 0 fully saturated rings. The third-order valence-electron chi connectivity index (χ3n) is 3.11. The Morgan fingerprint density at radius 3 is 2.77 bits per heavy atom. The Morgan fingerprint density at radius 2 is 2.05 bits per heavy atom. The van der Waals surface area contributed by atoms with Gasteiger partial charge in [0.25, 0.3) is 5.91 Å². The number of carbonyl (C=O) groups excluding carboxylic acids is 1. The van der Waals surface area contributed by atoms with E-state index in [9.17, 15) is 4.79 Å². The minimum atomic E-state index is -0.303. The number of anilines is 1. The lowest BCUT2D eigenvalue weighted by atomic mass is 10.2. The molecule has 0 radical (unpaired) electrons. The normalized spacial score (nSPS) is 10.4. The van der Waals surface area contributed by atoms with Gasteiger partial charge < -0.3 is 5.32 Å². The molecule has 1 aromatic carbocycles. The molecule has 0 spiro atoms. The zero-order valence-corrected chi connectivity index (χ0v) is 12.1. The smallest absolute Gasteiger partial charge is 0.277 e. The summed E-state index contributed by atoms with van der Waals surface area (Å²) in [6, 6.07) is 11.8. The summed E-state index contributed by atoms with van der Waals surface area (Å²) in [4.78, 5) is 20.1. The maximum absolute atomic E-state index is 12.2. The van der Waals surface area contributed by atoms with E-state index < -0.39 is 0 Å². The maximum atomic E-state index is 12.2. The number of amides is 1. The number of aryl methyl sites for hydroxylation is 1. The van der Waals surface area contributed by atoms with Crippen molar-refractivity contribution in [3.8, 4) is 0 Å². The van der Waals surface area contributed by atoms with Crippen molar-refractivity contribution in [3.63, 3.8) is 0 Å². The second kappa shape index (κ2) is 6.17. The molecule has 2 heterocycles. The summed E-state index contributed by atoms with van der Waals surface area (Å²) in [7, 11) is 0. The summed E-state index contributed by atoms with van der Waals surface area (Å²) in [5.74, 6) is 0.333. The third kappa shape index (κ3) is 3.17. The van der Waals surface area contributed by atoms with E-state index in [2.05, 4.69) is 20.4 Å². The Balaban J connectivity index is 1.81. The first-order valence-corrected chi connectivity index (χ1v) is 6.88. The molecule has 0 aliphatic carbocycles. The molecule has 6 heteroatoms. The standard InChI is InChI=1S/C16H15N5O/c1-12-9-15(19-16(22)14-10-17-7-8-18-14)21(20-12)11-13-5-3-2-4-6-13/h2-10H,11H2,1H3,(H,19,22). The minimum Gasteiger partial charge on any atom is -0.305 e. The first-order chi connectivity index (χ1) is 10.7. The van der Waals surface area contributed by atoms with Gasteiger partial charge in [0.05, 0.1) is 18.4 Å². The van der Waals surface area contributed by atoms with Crippen LogP contribution >= 0.6 is 0 Å². The number of aromatic nitrogens is 4. The Hall–Kier alpha value is -3.02. The summed E-state index contributed by atoms with van der Waals surface area (Å²) in [5, 5.41) is 7.25. The van der Waals surface area contributed by atoms with Crippen molar-refractivity contribution in [3.05, 3.63) is 71.9 Å². The lowest BCUT2D eigenvalue weighted by molar-refractivity contribution is 0.102. The highest BCUT2D eigenvalue weighted by atomic mass is 16.2. The van der Waals surface area contributed by atoms with Gasteiger partial charge in [0, 0.05) is 18.5 Å². The lowest BCUT2D eigenvalue weighted by Gasteiger charge is -2.08. The van der Waals surface area contributed by atoms with Gasteiger partial charge in [-0.25, -0.2) is 9.67 Å². The van der Waals surface area contributed by atoms with Crippen LogP contribution in [0.2, 0.25) is 0 Å². The SMILES string of the molecule is Cc1cc(NC(=O)c2cnccn2)n(Cc2ccccc2)n1. The molecule has 0 saturated heterocycles. The molecule has 1 N–H and O–H groups in total. The van der Waals surface area contributed by atoms with Crippen LogP contribution in [0.1, 0.15) is 21.7 Å². The van der Waals surface area contributed by atoms with Crippen molar-refractivity contribution < 1.29 is 4.79 Å². The zero-order chi connectivity index (χ0) is 15.4. The minimum absolute atomic E-state index is 0.271. The molecule has 0 unspecified atom stereocenters. The van der Waals surface area contributed by atoms with Crippen LogP contribution in [-0.2, 0) is 6.54 Å². The molecule has 0 aliphatic heterocycles. The predicted molar refractivity (Wildman–Crippen MR) is 82.5 cm³/mol. The van der Waals surface area contributed by atoms with Crippen LogP contribution in [0.5, 0.6) is 0 Å². The fourth-order valence-electron chi connectivity index (χ4n) is 2.12. The molecule has 0 bridgehead atoms. The van der Waals surface area contributed by atoms with Gasteiger partial charge in [-0.15, -0.1) is 0 Å². The van der Waals surface area contributed by atoms with Gasteiger partial charge in [0.1, 0.15) is 11.5 Å². The molecule has 22 heavy (non-hydrogen) atoms. The average Bonchev–Trinajstić information content (AvgIpc) is 2.88. The van der Waals surface area contributed by atoms with Crippen LogP contribution in [0.15, 0.2) is 55.0 Å². The summed E-state index contributed by atoms with van der Waals surface area (Å²) in [6.45, 7) is 2.48. The van der Waals surface area contributed by atoms with Gasteiger partial charge in [-0.05, 0) is 12.5 Å². The molecule has 3 aromatic rings. The fraction of sp³-hybridized carbons (Fsp3) is 0.125. The molecule has 1 amide bonds. The fourth-order valence-corrected chi connectivity index (χ4v) is 2.12. The van der Waals surface area contributed by atoms with E-state index in [0.29, 0.717) is 12.4 Å². The highest BCUT2D eigenvalue weighted by Crippen LogP contribution is 2.13. The first kappa shape index (κ1) is 13.9. The number of nitrogens with zero attached hydrogens (tertiary/aromatic N) is 4. The summed E-state index contributed by atoms with van der Waals surface area (Å²) < 4.78 is 1.76. The molecule has 0 aliphatic rings. The van der Waals surface area contributed by atoms with E-state index in [1.807, 2.05) is 43.3 Å². The maximum Gasteiger partial charge on any atom is 0.277 e. The Labute approximate surface area is 127 Å². The van der Waals surface area contributed by atoms with Crippen LogP contribution in [0.25, 0.3) is 0 Å². The molecule has 0 atom stereocenters. The van der Waals surface area contributed by atoms with E-state index in [1.165, 1.54) is 18.6 Å². The number of carbonyl (C=O) groups is 1. The molecular formula is C16H15N5O. The van der Waals surface area contributed by atoms with Crippen molar-refractivity contribution in [2.24, 2.45) is 0 Å². The van der Waals surface area contributed by atoms with E-state index in [1.54, 1.807) is 4.68 Å². The molecule has 6 nitrogen and oxygen atoms in total. The summed E-state index contributed by atoms with van der Waals surface area (Å²) >= 11 is 0. The van der Waals surface area contributed by atoms with Gasteiger partial charge in [-0.2, -0.15) is 5.10 Å². The van der Waals surface area contributed by atoms with Crippen LogP contribution in [-0.4, -0.2) is 25.7 Å². The van der Waals surface area contributed by atoms with Gasteiger partial charge >= 0.3 is 0 Å². The molecule has 2 aromatic heterocycles. The van der Waals surface area contributed by atoms with E-state index >= 15 is 0 Å². The second-order valence-corrected chi connectivity index (χ2v) is 4.86. The first-order valence-electron chi connectivity index (χ1n) is 6.88. The summed E-state index contributed by atoms with van der Waals surface area (Å²) in [5.41, 5.74) is 2.22. The van der Waals surface area contributed by atoms with Crippen molar-refractivity contribution in [1.82, 2.24) is 19.7 Å². The largest absolute Gasteiger partial charge is 0.305 e. The average molecular weight is 293 g/mol. The van der Waals surface area contributed by atoms with Crippen LogP contribution < -0.4 is 5.32 Å². The van der Waals surface area contributed by atoms with Crippen molar-refractivity contribution >= 4 is 11.7 Å². The topological polar surface area (TPSA) is 72.7 Å². The number of hydrogen-bond donors (Lipinski definition) is 1. The monoisotopic (exact) mass is 293 g/mol. The van der Waals surface area contributed by atoms with Gasteiger partial charge in [-0.3, -0.25) is 9.78 Å². The van der Waals surface area contributed by atoms with Crippen LogP contribution in [0.3, 0.4) is 0 Å². The Bertz CT molecular complexity index is 768. The Morgan fingerprint density at radius 1 is 1.23 bits per heavy atom. The van der Waals surface area contributed by atoms with Gasteiger partial charge in [0.2, 0.25) is 0 Å². The van der Waals surface area contributed by atoms with Gasteiger partial charge in [0.15, 0.2) is 0 Å². The van der Waals surface area contributed by atoms with Crippen LogP contribution in [0.4, 0.5) is 5.82 Å². The highest BCUT2D eigenvalue weighted by molar-refractivity contribution is 6.02. The molecule has 110 valence electrons. The van der Waals surface area contributed by atoms with Crippen molar-refractivity contribution in [2.75, 3.05) is 5.32 Å². The van der Waals surface area contributed by atoms with Crippen molar-refractivity contribution in [1.29, 1.82) is 0 Å². The predicted octanol–water partition coefficient (Wildman–Crippen LogP) is 2.28. The number of nitrogens with one attached hydrogen (secondary N) is 1. The molecular weight excluding hydrogens is 278 g/mol. The third-order valence-corrected chi connectivity index (χ3v) is 3.11. The second-order valence-electron chi connectivity index (χ2n) is 4.86. The van der Waals surface area contributed by atoms with Gasteiger partial charge in [-0.1, -0.05) is 30.3 Å². The highest BCUT2D eigenvalue weighted by Gasteiger charge is 2.12. The molecule has 3 rings (SSSR count). The van der Waals surface area contributed by atoms with E-state index in [-0.39, 0.29) is 11.6 Å². The van der Waals surface area contributed by atoms with E-state index in [4.69, 9.17) is 0 Å². The number of rotatable bonds is 4. The zero-order valence-electron chi connectivity index (χ0n) is 12.1. The number of hydrogen-bond acceptors (Lipinski definition) is 4. The van der Waals surface area contributed by atoms with Crippen LogP contribution in [0, 0.1) is 6.92 Å². The quantitative estimate of drug-likeness (QED) is 0.801. The van der Waals surface area contributed by atoms with Crippen molar-refractivity contribution in [2.45, 2.75) is 13.5 Å². The van der Waals surface area contributed by atoms with E-state index in [0.717, 1.165) is 11.3 Å². The Kier molecular flexibility index (Phi) is 3.91. The lowest BCUT2D eigenvalue weighted by Crippen LogP contribution is -2.17. The molecule has 0 saturated carbocycles. The summed E-state index contributed by atoms with van der Waals surface area (Å²) in [6.07, 6.45) is 4.45.